The van der Waals surface area contributed by atoms with Gasteiger partial charge < -0.3 is 18.9 Å². The van der Waals surface area contributed by atoms with Gasteiger partial charge in [0.25, 0.3) is 5.91 Å². The van der Waals surface area contributed by atoms with Gasteiger partial charge in [-0.3, -0.25) is 9.69 Å². The Balaban J connectivity index is 1.48. The largest absolute Gasteiger partial charge is 0.491 e. The highest BCUT2D eigenvalue weighted by molar-refractivity contribution is 8.26. The number of carbonyl (C=O) groups is 1. The molecule has 2 aromatic rings. The maximum Gasteiger partial charge on any atom is 0.266 e. The van der Waals surface area contributed by atoms with Gasteiger partial charge in [0.2, 0.25) is 0 Å². The molecule has 0 saturated carbocycles. The Bertz CT molecular complexity index is 1050. The molecule has 8 heteroatoms. The van der Waals surface area contributed by atoms with Crippen LogP contribution in [-0.4, -0.2) is 54.7 Å². The van der Waals surface area contributed by atoms with E-state index < -0.39 is 0 Å². The summed E-state index contributed by atoms with van der Waals surface area (Å²) in [5.41, 5.74) is 3.31. The fourth-order valence-electron chi connectivity index (χ4n) is 3.26. The summed E-state index contributed by atoms with van der Waals surface area (Å²) >= 11 is 6.60. The van der Waals surface area contributed by atoms with Gasteiger partial charge in [-0.2, -0.15) is 0 Å². The van der Waals surface area contributed by atoms with Crippen LogP contribution >= 0.6 is 24.0 Å². The summed E-state index contributed by atoms with van der Waals surface area (Å²) in [5, 5.41) is 0. The standard InChI is InChI=1S/C26H31NO5S2/c1-5-27-25(28)24(34-26(27)33)17-20-8-10-22(23(16-20)30-6-2)32-14-12-29-11-13-31-21-9-7-18(3)19(4)15-21/h7-10,15-17H,5-6,11-14H2,1-4H3/b24-17-. The van der Waals surface area contributed by atoms with Crippen LogP contribution < -0.4 is 14.2 Å². The molecule has 3 rings (SSSR count). The maximum atomic E-state index is 12.5. The lowest BCUT2D eigenvalue weighted by Gasteiger charge is -2.13. The van der Waals surface area contributed by atoms with Gasteiger partial charge in [-0.15, -0.1) is 0 Å². The average Bonchev–Trinajstić information content (AvgIpc) is 3.08. The van der Waals surface area contributed by atoms with Crippen molar-refractivity contribution in [3.05, 3.63) is 58.0 Å². The van der Waals surface area contributed by atoms with Crippen molar-refractivity contribution in [3.63, 3.8) is 0 Å². The molecule has 0 N–H and O–H groups in total. The monoisotopic (exact) mass is 501 g/mol. The number of hydrogen-bond acceptors (Lipinski definition) is 7. The zero-order valence-corrected chi connectivity index (χ0v) is 21.7. The molecule has 1 aliphatic rings. The molecule has 1 fully saturated rings. The number of thiocarbonyl (C=S) groups is 1. The first kappa shape index (κ1) is 26.1. The third-order valence-corrected chi connectivity index (χ3v) is 6.59. The number of hydrogen-bond donors (Lipinski definition) is 0. The highest BCUT2D eigenvalue weighted by Crippen LogP contribution is 2.34. The first-order chi connectivity index (χ1) is 16.4. The van der Waals surface area contributed by atoms with Gasteiger partial charge in [0.05, 0.1) is 24.7 Å². The number of ether oxygens (including phenoxy) is 4. The van der Waals surface area contributed by atoms with Gasteiger partial charge in [0.1, 0.15) is 23.3 Å². The molecular formula is C26H31NO5S2. The number of thioether (sulfide) groups is 1. The molecule has 0 aliphatic carbocycles. The summed E-state index contributed by atoms with van der Waals surface area (Å²) in [6, 6.07) is 11.7. The zero-order chi connectivity index (χ0) is 24.5. The number of amides is 1. The Hall–Kier alpha value is -2.55. The van der Waals surface area contributed by atoms with Gasteiger partial charge in [-0.1, -0.05) is 36.1 Å². The Labute approximate surface area is 211 Å². The van der Waals surface area contributed by atoms with Gasteiger partial charge in [-0.25, -0.2) is 0 Å². The fourth-order valence-corrected chi connectivity index (χ4v) is 4.64. The molecule has 0 bridgehead atoms. The Kier molecular flexibility index (Phi) is 9.80. The van der Waals surface area contributed by atoms with Crippen LogP contribution in [-0.2, 0) is 9.53 Å². The molecule has 0 aromatic heterocycles. The lowest BCUT2D eigenvalue weighted by atomic mass is 10.1. The van der Waals surface area contributed by atoms with E-state index in [2.05, 4.69) is 19.9 Å². The van der Waals surface area contributed by atoms with Crippen LogP contribution in [0.4, 0.5) is 0 Å². The molecule has 1 heterocycles. The van der Waals surface area contributed by atoms with Crippen molar-refractivity contribution < 1.29 is 23.7 Å². The number of benzene rings is 2. The predicted octanol–water partition coefficient (Wildman–Crippen LogP) is 5.40. The summed E-state index contributed by atoms with van der Waals surface area (Å²) in [7, 11) is 0. The van der Waals surface area contributed by atoms with Crippen molar-refractivity contribution in [2.75, 3.05) is 39.6 Å². The van der Waals surface area contributed by atoms with Gasteiger partial charge in [0, 0.05) is 6.54 Å². The van der Waals surface area contributed by atoms with Crippen molar-refractivity contribution in [2.45, 2.75) is 27.7 Å². The predicted molar refractivity (Wildman–Crippen MR) is 141 cm³/mol. The van der Waals surface area contributed by atoms with Crippen LogP contribution in [0.3, 0.4) is 0 Å². The van der Waals surface area contributed by atoms with Crippen molar-refractivity contribution in [1.82, 2.24) is 4.90 Å². The van der Waals surface area contributed by atoms with E-state index in [9.17, 15) is 4.79 Å². The minimum atomic E-state index is -0.0607. The van der Waals surface area contributed by atoms with Crippen molar-refractivity contribution in [2.24, 2.45) is 0 Å². The highest BCUT2D eigenvalue weighted by atomic mass is 32.2. The van der Waals surface area contributed by atoms with E-state index in [1.54, 1.807) is 4.90 Å². The number of carbonyl (C=O) groups excluding carboxylic acids is 1. The van der Waals surface area contributed by atoms with Gasteiger partial charge >= 0.3 is 0 Å². The SMILES string of the molecule is CCOc1cc(/C=C2\SC(=S)N(CC)C2=O)ccc1OCCOCCOc1ccc(C)c(C)c1. The molecule has 182 valence electrons. The lowest BCUT2D eigenvalue weighted by Crippen LogP contribution is -2.27. The van der Waals surface area contributed by atoms with Crippen molar-refractivity contribution >= 4 is 40.3 Å². The summed E-state index contributed by atoms with van der Waals surface area (Å²) < 4.78 is 23.6. The average molecular weight is 502 g/mol. The molecule has 0 radical (unpaired) electrons. The number of rotatable bonds is 12. The van der Waals surface area contributed by atoms with Gasteiger partial charge in [0.15, 0.2) is 11.5 Å². The van der Waals surface area contributed by atoms with Crippen LogP contribution in [0.25, 0.3) is 6.08 Å². The molecule has 1 amide bonds. The second-order valence-corrected chi connectivity index (χ2v) is 9.30. The third-order valence-electron chi connectivity index (χ3n) is 5.22. The van der Waals surface area contributed by atoms with Crippen LogP contribution in [0.15, 0.2) is 41.3 Å². The second kappa shape index (κ2) is 12.8. The van der Waals surface area contributed by atoms with Crippen LogP contribution in [0.5, 0.6) is 17.2 Å². The fraction of sp³-hybridized carbons (Fsp3) is 0.385. The van der Waals surface area contributed by atoms with E-state index in [1.807, 2.05) is 50.3 Å². The van der Waals surface area contributed by atoms with Crippen molar-refractivity contribution in [3.8, 4) is 17.2 Å². The summed E-state index contributed by atoms with van der Waals surface area (Å²) in [6.07, 6.45) is 1.83. The summed E-state index contributed by atoms with van der Waals surface area (Å²) in [4.78, 5) is 14.7. The highest BCUT2D eigenvalue weighted by Gasteiger charge is 2.30. The van der Waals surface area contributed by atoms with Crippen LogP contribution in [0.2, 0.25) is 0 Å². The zero-order valence-electron chi connectivity index (χ0n) is 20.1. The Morgan fingerprint density at radius 3 is 2.35 bits per heavy atom. The summed E-state index contributed by atoms with van der Waals surface area (Å²) in [5.74, 6) is 2.05. The molecule has 0 atom stereocenters. The van der Waals surface area contributed by atoms with E-state index in [0.717, 1.165) is 11.3 Å². The number of likely N-dealkylation sites (N-methyl/N-ethyl adjacent to an activating group) is 1. The summed E-state index contributed by atoms with van der Waals surface area (Å²) in [6.45, 7) is 10.8. The van der Waals surface area contributed by atoms with Crippen LogP contribution in [0.1, 0.15) is 30.5 Å². The van der Waals surface area contributed by atoms with Crippen LogP contribution in [0, 0.1) is 13.8 Å². The van der Waals surface area contributed by atoms with E-state index in [4.69, 9.17) is 31.2 Å². The van der Waals surface area contributed by atoms with E-state index in [0.29, 0.717) is 60.3 Å². The molecule has 34 heavy (non-hydrogen) atoms. The minimum Gasteiger partial charge on any atom is -0.491 e. The molecule has 2 aromatic carbocycles. The Morgan fingerprint density at radius 2 is 1.68 bits per heavy atom. The third kappa shape index (κ3) is 6.98. The smallest absolute Gasteiger partial charge is 0.266 e. The molecular weight excluding hydrogens is 470 g/mol. The quantitative estimate of drug-likeness (QED) is 0.219. The number of nitrogens with zero attached hydrogens (tertiary/aromatic N) is 1. The number of aryl methyl sites for hydroxylation is 2. The lowest BCUT2D eigenvalue weighted by molar-refractivity contribution is -0.121. The van der Waals surface area contributed by atoms with Gasteiger partial charge in [-0.05, 0) is 74.7 Å². The Morgan fingerprint density at radius 1 is 0.912 bits per heavy atom. The molecule has 6 nitrogen and oxygen atoms in total. The maximum absolute atomic E-state index is 12.5. The van der Waals surface area contributed by atoms with E-state index in [-0.39, 0.29) is 5.91 Å². The molecule has 1 aliphatic heterocycles. The molecule has 1 saturated heterocycles. The minimum absolute atomic E-state index is 0.0607. The topological polar surface area (TPSA) is 57.2 Å². The molecule has 0 unspecified atom stereocenters. The van der Waals surface area contributed by atoms with E-state index >= 15 is 0 Å². The van der Waals surface area contributed by atoms with E-state index in [1.165, 1.54) is 22.9 Å². The first-order valence-corrected chi connectivity index (χ1v) is 12.6. The second-order valence-electron chi connectivity index (χ2n) is 7.62. The first-order valence-electron chi connectivity index (χ1n) is 11.4. The normalized spacial score (nSPS) is 14.7. The molecule has 0 spiro atoms. The van der Waals surface area contributed by atoms with Crippen molar-refractivity contribution in [1.29, 1.82) is 0 Å².